The molecule has 146 valence electrons. The summed E-state index contributed by atoms with van der Waals surface area (Å²) >= 11 is 11.7. The molecular formula is C16H14Cl2F3N3O3. The number of alkyl halides is 3. The molecule has 0 fully saturated rings. The predicted molar refractivity (Wildman–Crippen MR) is 94.4 cm³/mol. The van der Waals surface area contributed by atoms with Gasteiger partial charge in [-0.25, -0.2) is 4.98 Å². The van der Waals surface area contributed by atoms with Crippen molar-refractivity contribution < 1.29 is 28.2 Å². The first-order valence-electron chi connectivity index (χ1n) is 7.48. The van der Waals surface area contributed by atoms with Gasteiger partial charge in [0.25, 0.3) is 5.91 Å². The highest BCUT2D eigenvalue weighted by Gasteiger charge is 2.36. The first-order valence-corrected chi connectivity index (χ1v) is 8.24. The van der Waals surface area contributed by atoms with Crippen LogP contribution in [0.4, 0.5) is 24.7 Å². The van der Waals surface area contributed by atoms with E-state index in [2.05, 4.69) is 15.6 Å². The van der Waals surface area contributed by atoms with E-state index in [1.807, 2.05) is 0 Å². The molecule has 0 saturated carbocycles. The lowest BCUT2D eigenvalue weighted by molar-refractivity contribution is -0.137. The molecule has 0 aliphatic heterocycles. The molecule has 1 amide bonds. The zero-order valence-corrected chi connectivity index (χ0v) is 15.0. The zero-order valence-electron chi connectivity index (χ0n) is 13.5. The second kappa shape index (κ2) is 8.75. The second-order valence-corrected chi connectivity index (χ2v) is 6.25. The van der Waals surface area contributed by atoms with Crippen LogP contribution in [0.3, 0.4) is 0 Å². The third-order valence-corrected chi connectivity index (χ3v) is 3.90. The Balaban J connectivity index is 2.31. The van der Waals surface area contributed by atoms with Crippen molar-refractivity contribution in [3.05, 3.63) is 51.6 Å². The Morgan fingerprint density at radius 3 is 2.56 bits per heavy atom. The predicted octanol–water partition coefficient (Wildman–Crippen LogP) is 3.23. The van der Waals surface area contributed by atoms with Gasteiger partial charge in [0.15, 0.2) is 0 Å². The van der Waals surface area contributed by atoms with Crippen molar-refractivity contribution in [1.29, 1.82) is 0 Å². The molecule has 2 aromatic rings. The fraction of sp³-hybridized carbons (Fsp3) is 0.250. The molecule has 1 aromatic carbocycles. The maximum absolute atomic E-state index is 13.4. The topological polar surface area (TPSA) is 94.5 Å². The number of pyridine rings is 1. The third-order valence-electron chi connectivity index (χ3n) is 3.36. The minimum Gasteiger partial charge on any atom is -0.394 e. The number of halogens is 5. The van der Waals surface area contributed by atoms with Crippen LogP contribution < -0.4 is 10.6 Å². The molecule has 1 heterocycles. The molecule has 0 spiro atoms. The van der Waals surface area contributed by atoms with E-state index in [1.54, 1.807) is 0 Å². The number of rotatable bonds is 6. The van der Waals surface area contributed by atoms with Crippen molar-refractivity contribution in [3.8, 4) is 0 Å². The Kier molecular flexibility index (Phi) is 6.88. The molecule has 0 saturated heterocycles. The van der Waals surface area contributed by atoms with Crippen LogP contribution in [0.25, 0.3) is 0 Å². The van der Waals surface area contributed by atoms with Crippen molar-refractivity contribution in [1.82, 2.24) is 10.3 Å². The van der Waals surface area contributed by atoms with E-state index in [0.717, 1.165) is 6.20 Å². The number of anilines is 2. The van der Waals surface area contributed by atoms with Crippen molar-refractivity contribution in [2.24, 2.45) is 0 Å². The van der Waals surface area contributed by atoms with Gasteiger partial charge in [0.1, 0.15) is 5.82 Å². The smallest absolute Gasteiger partial charge is 0.394 e. The van der Waals surface area contributed by atoms with Gasteiger partial charge in [0.2, 0.25) is 0 Å². The molecule has 0 aliphatic carbocycles. The van der Waals surface area contributed by atoms with Gasteiger partial charge in [-0.3, -0.25) is 4.79 Å². The zero-order chi connectivity index (χ0) is 20.2. The van der Waals surface area contributed by atoms with E-state index in [1.165, 1.54) is 18.2 Å². The van der Waals surface area contributed by atoms with Crippen LogP contribution in [-0.4, -0.2) is 40.4 Å². The standard InChI is InChI=1S/C16H14Cl2F3N3O3/c17-8-1-2-13(12(18)3-8)24-14-4-11(16(19,20)21)10(6-22-14)15(27)23-5-9(26)7-25/h1-4,6,9,25-26H,5,7H2,(H,22,24)(H,23,27). The Labute approximate surface area is 161 Å². The Morgan fingerprint density at radius 1 is 1.26 bits per heavy atom. The van der Waals surface area contributed by atoms with Crippen LogP contribution in [0.2, 0.25) is 10.0 Å². The fourth-order valence-corrected chi connectivity index (χ4v) is 2.49. The van der Waals surface area contributed by atoms with Gasteiger partial charge < -0.3 is 20.8 Å². The normalized spacial score (nSPS) is 12.6. The molecule has 0 bridgehead atoms. The Bertz CT molecular complexity index is 834. The average Bonchev–Trinajstić information content (AvgIpc) is 2.61. The SMILES string of the molecule is O=C(NCC(O)CO)c1cnc(Nc2ccc(Cl)cc2Cl)cc1C(F)(F)F. The van der Waals surface area contributed by atoms with E-state index >= 15 is 0 Å². The summed E-state index contributed by atoms with van der Waals surface area (Å²) in [7, 11) is 0. The molecule has 1 aromatic heterocycles. The number of nitrogens with zero attached hydrogens (tertiary/aromatic N) is 1. The number of carbonyl (C=O) groups is 1. The highest BCUT2D eigenvalue weighted by atomic mass is 35.5. The minimum atomic E-state index is -4.83. The molecule has 1 atom stereocenters. The molecule has 27 heavy (non-hydrogen) atoms. The molecule has 2 rings (SSSR count). The number of aliphatic hydroxyl groups is 2. The van der Waals surface area contributed by atoms with Gasteiger partial charge in [-0.15, -0.1) is 0 Å². The maximum Gasteiger partial charge on any atom is 0.417 e. The van der Waals surface area contributed by atoms with Gasteiger partial charge in [-0.1, -0.05) is 23.2 Å². The average molecular weight is 424 g/mol. The van der Waals surface area contributed by atoms with Crippen molar-refractivity contribution in [2.45, 2.75) is 12.3 Å². The summed E-state index contributed by atoms with van der Waals surface area (Å²) in [5, 5.41) is 23.2. The Morgan fingerprint density at radius 2 is 1.96 bits per heavy atom. The third kappa shape index (κ3) is 5.70. The number of amides is 1. The lowest BCUT2D eigenvalue weighted by Gasteiger charge is -2.16. The van der Waals surface area contributed by atoms with Crippen LogP contribution in [0, 0.1) is 0 Å². The summed E-state index contributed by atoms with van der Waals surface area (Å²) in [4.78, 5) is 15.8. The fourth-order valence-electron chi connectivity index (χ4n) is 2.04. The maximum atomic E-state index is 13.4. The first kappa shape index (κ1) is 21.2. The van der Waals surface area contributed by atoms with E-state index in [0.29, 0.717) is 11.1 Å². The van der Waals surface area contributed by atoms with Crippen LogP contribution in [-0.2, 0) is 6.18 Å². The summed E-state index contributed by atoms with van der Waals surface area (Å²) in [6.45, 7) is -1.05. The van der Waals surface area contributed by atoms with Crippen LogP contribution in [0.15, 0.2) is 30.5 Å². The van der Waals surface area contributed by atoms with Crippen LogP contribution in [0.1, 0.15) is 15.9 Å². The molecule has 0 aliphatic rings. The largest absolute Gasteiger partial charge is 0.417 e. The lowest BCUT2D eigenvalue weighted by atomic mass is 10.1. The minimum absolute atomic E-state index is 0.178. The highest BCUT2D eigenvalue weighted by molar-refractivity contribution is 6.36. The van der Waals surface area contributed by atoms with E-state index < -0.39 is 42.5 Å². The van der Waals surface area contributed by atoms with E-state index in [-0.39, 0.29) is 16.5 Å². The summed E-state index contributed by atoms with van der Waals surface area (Å²) in [6, 6.07) is 5.04. The summed E-state index contributed by atoms with van der Waals surface area (Å²) in [6.07, 6.45) is -5.36. The lowest BCUT2D eigenvalue weighted by Crippen LogP contribution is -2.35. The van der Waals surface area contributed by atoms with Crippen molar-refractivity contribution in [2.75, 3.05) is 18.5 Å². The van der Waals surface area contributed by atoms with Crippen LogP contribution >= 0.6 is 23.2 Å². The summed E-state index contributed by atoms with van der Waals surface area (Å²) in [5.74, 6) is -1.27. The molecule has 6 nitrogen and oxygen atoms in total. The summed E-state index contributed by atoms with van der Waals surface area (Å²) < 4.78 is 40.1. The molecule has 1 unspecified atom stereocenters. The van der Waals surface area contributed by atoms with E-state index in [9.17, 15) is 23.1 Å². The molecular weight excluding hydrogens is 410 g/mol. The van der Waals surface area contributed by atoms with Crippen molar-refractivity contribution >= 4 is 40.6 Å². The highest BCUT2D eigenvalue weighted by Crippen LogP contribution is 2.34. The molecule has 0 radical (unpaired) electrons. The molecule has 11 heteroatoms. The van der Waals surface area contributed by atoms with Gasteiger partial charge in [0.05, 0.1) is 34.5 Å². The number of hydrogen-bond acceptors (Lipinski definition) is 5. The first-order chi connectivity index (χ1) is 12.6. The number of aromatic nitrogens is 1. The number of carbonyl (C=O) groups excluding carboxylic acids is 1. The van der Waals surface area contributed by atoms with Crippen LogP contribution in [0.5, 0.6) is 0 Å². The monoisotopic (exact) mass is 423 g/mol. The van der Waals surface area contributed by atoms with E-state index in [4.69, 9.17) is 28.3 Å². The van der Waals surface area contributed by atoms with Crippen molar-refractivity contribution in [3.63, 3.8) is 0 Å². The second-order valence-electron chi connectivity index (χ2n) is 5.41. The molecule has 4 N–H and O–H groups in total. The number of hydrogen-bond donors (Lipinski definition) is 4. The van der Waals surface area contributed by atoms with Gasteiger partial charge in [0, 0.05) is 17.8 Å². The number of nitrogens with one attached hydrogen (secondary N) is 2. The Hall–Kier alpha value is -2.07. The van der Waals surface area contributed by atoms with Gasteiger partial charge in [-0.2, -0.15) is 13.2 Å². The van der Waals surface area contributed by atoms with Gasteiger partial charge in [-0.05, 0) is 24.3 Å². The number of benzene rings is 1. The quantitative estimate of drug-likeness (QED) is 0.572. The van der Waals surface area contributed by atoms with Gasteiger partial charge >= 0.3 is 6.18 Å². The number of aliphatic hydroxyl groups excluding tert-OH is 2. The summed E-state index contributed by atoms with van der Waals surface area (Å²) in [5.41, 5.74) is -1.66.